The summed E-state index contributed by atoms with van der Waals surface area (Å²) in [6.45, 7) is 1.37. The summed E-state index contributed by atoms with van der Waals surface area (Å²) < 4.78 is 16.1. The molecule has 0 unspecified atom stereocenters. The maximum Gasteiger partial charge on any atom is 0.404 e. The lowest BCUT2D eigenvalue weighted by Crippen LogP contribution is -2.22. The third kappa shape index (κ3) is 7.45. The van der Waals surface area contributed by atoms with E-state index in [2.05, 4.69) is 4.74 Å². The molecule has 1 amide bonds. The number of nitrogens with two attached hydrogens (primary N) is 1. The van der Waals surface area contributed by atoms with Gasteiger partial charge in [0.25, 0.3) is 0 Å². The number of carbonyl (C=O) groups is 1. The van der Waals surface area contributed by atoms with Crippen molar-refractivity contribution in [3.8, 4) is 0 Å². The van der Waals surface area contributed by atoms with Crippen LogP contribution in [0.2, 0.25) is 0 Å². The molecule has 0 aromatic carbocycles. The second-order valence-corrected chi connectivity index (χ2v) is 3.16. The first-order valence-electron chi connectivity index (χ1n) is 3.26. The van der Waals surface area contributed by atoms with Gasteiger partial charge in [0.1, 0.15) is 6.10 Å². The Hall–Kier alpha value is -0.450. The molecule has 3 nitrogen and oxygen atoms in total. The van der Waals surface area contributed by atoms with E-state index in [9.17, 15) is 9.18 Å². The first-order chi connectivity index (χ1) is 5.16. The molecular weight excluding hydrogens is 169 g/mol. The lowest BCUT2D eigenvalue weighted by molar-refractivity contribution is 0.127. The molecule has 2 N–H and O–H groups in total. The average molecular weight is 181 g/mol. The average Bonchev–Trinajstić information content (AvgIpc) is 1.86. The van der Waals surface area contributed by atoms with Crippen molar-refractivity contribution in [2.75, 3.05) is 18.2 Å². The Balaban J connectivity index is 3.22. The smallest absolute Gasteiger partial charge is 0.404 e. The summed E-state index contributed by atoms with van der Waals surface area (Å²) in [7, 11) is 0. The minimum Gasteiger partial charge on any atom is -0.446 e. The normalized spacial score (nSPS) is 12.5. The van der Waals surface area contributed by atoms with Crippen molar-refractivity contribution >= 4 is 17.9 Å². The number of ether oxygens (including phenoxy) is 1. The van der Waals surface area contributed by atoms with Gasteiger partial charge in [0, 0.05) is 11.5 Å². The fourth-order valence-electron chi connectivity index (χ4n) is 0.536. The molecule has 11 heavy (non-hydrogen) atoms. The van der Waals surface area contributed by atoms with Gasteiger partial charge in [-0.2, -0.15) is 11.8 Å². The number of alkyl halides is 1. The molecule has 66 valence electrons. The maximum atomic E-state index is 11.6. The monoisotopic (exact) mass is 181 g/mol. The number of hydrogen-bond donors (Lipinski definition) is 1. The molecule has 1 atom stereocenters. The van der Waals surface area contributed by atoms with Crippen molar-refractivity contribution in [1.82, 2.24) is 0 Å². The molecule has 0 aliphatic carbocycles. The van der Waals surface area contributed by atoms with Gasteiger partial charge >= 0.3 is 6.09 Å². The molecule has 0 rings (SSSR count). The number of carbonyl (C=O) groups excluding carboxylic acids is 1. The van der Waals surface area contributed by atoms with Gasteiger partial charge in [-0.15, -0.1) is 0 Å². The lowest BCUT2D eigenvalue weighted by Gasteiger charge is -2.09. The summed E-state index contributed by atoms with van der Waals surface area (Å²) in [6, 6.07) is 0. The highest BCUT2D eigenvalue weighted by molar-refractivity contribution is 7.99. The molecule has 0 bridgehead atoms. The van der Waals surface area contributed by atoms with E-state index in [0.29, 0.717) is 11.5 Å². The summed E-state index contributed by atoms with van der Waals surface area (Å²) in [5.41, 5.74) is 4.75. The Labute approximate surface area is 69.5 Å². The summed E-state index contributed by atoms with van der Waals surface area (Å²) >= 11 is 1.40. The van der Waals surface area contributed by atoms with Gasteiger partial charge in [-0.1, -0.05) is 0 Å². The lowest BCUT2D eigenvalue weighted by atomic mass is 10.5. The SMILES string of the molecule is C[C@H](CSCCF)OC(N)=O. The van der Waals surface area contributed by atoms with E-state index < -0.39 is 6.09 Å². The summed E-state index contributed by atoms with van der Waals surface area (Å²) in [5, 5.41) is 0. The van der Waals surface area contributed by atoms with Crippen molar-refractivity contribution in [2.45, 2.75) is 13.0 Å². The van der Waals surface area contributed by atoms with Crippen LogP contribution in [0.1, 0.15) is 6.92 Å². The van der Waals surface area contributed by atoms with E-state index in [4.69, 9.17) is 5.73 Å². The van der Waals surface area contributed by atoms with Crippen LogP contribution >= 0.6 is 11.8 Å². The Bertz CT molecular complexity index is 123. The van der Waals surface area contributed by atoms with E-state index in [0.717, 1.165) is 0 Å². The third-order valence-corrected chi connectivity index (χ3v) is 2.04. The van der Waals surface area contributed by atoms with Crippen LogP contribution in [0.4, 0.5) is 9.18 Å². The topological polar surface area (TPSA) is 52.3 Å². The standard InChI is InChI=1S/C6H12FNO2S/c1-5(10-6(8)9)4-11-3-2-7/h5H,2-4H2,1H3,(H2,8,9)/t5-/m1/s1. The minimum absolute atomic E-state index is 0.232. The first-order valence-corrected chi connectivity index (χ1v) is 4.42. The quantitative estimate of drug-likeness (QED) is 0.648. The Kier molecular flexibility index (Phi) is 6.02. The summed E-state index contributed by atoms with van der Waals surface area (Å²) in [5.74, 6) is 1.03. The highest BCUT2D eigenvalue weighted by Gasteiger charge is 2.04. The number of rotatable bonds is 5. The Morgan fingerprint density at radius 3 is 2.91 bits per heavy atom. The highest BCUT2D eigenvalue weighted by atomic mass is 32.2. The predicted octanol–water partition coefficient (Wildman–Crippen LogP) is 1.17. The molecule has 0 spiro atoms. The van der Waals surface area contributed by atoms with E-state index in [1.165, 1.54) is 11.8 Å². The van der Waals surface area contributed by atoms with Gasteiger partial charge in [-0.05, 0) is 6.92 Å². The second-order valence-electron chi connectivity index (χ2n) is 2.01. The van der Waals surface area contributed by atoms with Crippen LogP contribution in [0.25, 0.3) is 0 Å². The van der Waals surface area contributed by atoms with E-state index in [1.807, 2.05) is 0 Å². The van der Waals surface area contributed by atoms with Crippen LogP contribution in [0.5, 0.6) is 0 Å². The molecule has 0 saturated carbocycles. The number of halogens is 1. The van der Waals surface area contributed by atoms with Crippen LogP contribution in [-0.2, 0) is 4.74 Å². The van der Waals surface area contributed by atoms with Gasteiger partial charge in [0.15, 0.2) is 0 Å². The molecule has 0 aromatic heterocycles. The zero-order valence-electron chi connectivity index (χ0n) is 6.38. The Morgan fingerprint density at radius 1 is 1.82 bits per heavy atom. The van der Waals surface area contributed by atoms with Gasteiger partial charge in [-0.25, -0.2) is 4.79 Å². The molecular formula is C6H12FNO2S. The van der Waals surface area contributed by atoms with Crippen LogP contribution in [-0.4, -0.2) is 30.4 Å². The number of thioether (sulfide) groups is 1. The van der Waals surface area contributed by atoms with Gasteiger partial charge in [-0.3, -0.25) is 4.39 Å². The molecule has 0 heterocycles. The predicted molar refractivity (Wildman–Crippen MR) is 43.4 cm³/mol. The molecule has 5 heteroatoms. The fourth-order valence-corrected chi connectivity index (χ4v) is 1.21. The van der Waals surface area contributed by atoms with Gasteiger partial charge in [0.2, 0.25) is 0 Å². The molecule has 0 fully saturated rings. The van der Waals surface area contributed by atoms with Crippen molar-refractivity contribution in [2.24, 2.45) is 5.73 Å². The second kappa shape index (κ2) is 6.27. The summed E-state index contributed by atoms with van der Waals surface area (Å²) in [4.78, 5) is 10.2. The maximum absolute atomic E-state index is 11.6. The molecule has 0 aliphatic rings. The van der Waals surface area contributed by atoms with Crippen molar-refractivity contribution in [3.63, 3.8) is 0 Å². The van der Waals surface area contributed by atoms with Crippen molar-refractivity contribution < 1.29 is 13.9 Å². The van der Waals surface area contributed by atoms with Gasteiger partial charge in [0.05, 0.1) is 6.67 Å². The fraction of sp³-hybridized carbons (Fsp3) is 0.833. The Morgan fingerprint density at radius 2 is 2.45 bits per heavy atom. The van der Waals surface area contributed by atoms with E-state index in [-0.39, 0.29) is 12.8 Å². The largest absolute Gasteiger partial charge is 0.446 e. The highest BCUT2D eigenvalue weighted by Crippen LogP contribution is 2.04. The third-order valence-electron chi connectivity index (χ3n) is 0.891. The first kappa shape index (κ1) is 10.6. The van der Waals surface area contributed by atoms with Crippen LogP contribution in [0.15, 0.2) is 0 Å². The van der Waals surface area contributed by atoms with Crippen molar-refractivity contribution in [1.29, 1.82) is 0 Å². The zero-order chi connectivity index (χ0) is 8.69. The zero-order valence-corrected chi connectivity index (χ0v) is 7.20. The van der Waals surface area contributed by atoms with E-state index >= 15 is 0 Å². The van der Waals surface area contributed by atoms with E-state index in [1.54, 1.807) is 6.92 Å². The molecule has 0 aromatic rings. The van der Waals surface area contributed by atoms with Crippen molar-refractivity contribution in [3.05, 3.63) is 0 Å². The van der Waals surface area contributed by atoms with Gasteiger partial charge < -0.3 is 10.5 Å². The number of primary amides is 1. The minimum atomic E-state index is -0.779. The number of amides is 1. The van der Waals surface area contributed by atoms with Crippen LogP contribution in [0, 0.1) is 0 Å². The molecule has 0 saturated heterocycles. The molecule has 0 aliphatic heterocycles. The number of hydrogen-bond acceptors (Lipinski definition) is 3. The molecule has 0 radical (unpaired) electrons. The van der Waals surface area contributed by atoms with Crippen LogP contribution < -0.4 is 5.73 Å². The summed E-state index contributed by atoms with van der Waals surface area (Å²) in [6.07, 6.45) is -1.01. The van der Waals surface area contributed by atoms with Crippen LogP contribution in [0.3, 0.4) is 0 Å².